The number of rotatable bonds is 66. The van der Waals surface area contributed by atoms with Gasteiger partial charge in [-0.2, -0.15) is 0 Å². The van der Waals surface area contributed by atoms with Crippen molar-refractivity contribution in [3.05, 3.63) is 0 Å². The number of phosphoric ester groups is 2. The molecule has 17 nitrogen and oxygen atoms in total. The topological polar surface area (TPSA) is 237 Å². The first-order valence-corrected chi connectivity index (χ1v) is 37.7. The maximum Gasteiger partial charge on any atom is 0.472 e. The molecule has 0 amide bonds. The summed E-state index contributed by atoms with van der Waals surface area (Å²) in [6.45, 7) is 7.17. The number of unbranched alkanes of at least 4 members (excludes halogenated alkanes) is 37. The van der Waals surface area contributed by atoms with Gasteiger partial charge in [0.05, 0.1) is 26.4 Å². The third-order valence-electron chi connectivity index (χ3n) is 15.6. The normalized spacial score (nSPS) is 14.5. The van der Waals surface area contributed by atoms with Gasteiger partial charge in [-0.05, 0) is 31.6 Å². The molecular formula is C66H128O17P2. The number of aliphatic hydroxyl groups is 1. The molecule has 0 aromatic carbocycles. The molecule has 0 aliphatic carbocycles. The number of esters is 4. The van der Waals surface area contributed by atoms with Gasteiger partial charge >= 0.3 is 39.5 Å². The van der Waals surface area contributed by atoms with Crippen LogP contribution < -0.4 is 0 Å². The molecule has 0 aromatic rings. The molecule has 0 saturated carbocycles. The van der Waals surface area contributed by atoms with Crippen LogP contribution in [0.1, 0.15) is 336 Å². The van der Waals surface area contributed by atoms with Crippen LogP contribution in [0.4, 0.5) is 0 Å². The molecule has 19 heteroatoms. The molecule has 0 radical (unpaired) electrons. The fourth-order valence-electron chi connectivity index (χ4n) is 9.90. The van der Waals surface area contributed by atoms with Crippen LogP contribution in [0, 0.1) is 5.92 Å². The van der Waals surface area contributed by atoms with E-state index in [2.05, 4.69) is 34.6 Å². The maximum absolute atomic E-state index is 13.0. The zero-order valence-corrected chi connectivity index (χ0v) is 56.5. The van der Waals surface area contributed by atoms with E-state index >= 15 is 0 Å². The average molecular weight is 1260 g/mol. The van der Waals surface area contributed by atoms with Crippen LogP contribution >= 0.6 is 15.6 Å². The predicted molar refractivity (Wildman–Crippen MR) is 340 cm³/mol. The Morgan fingerprint density at radius 1 is 0.329 bits per heavy atom. The second-order valence-electron chi connectivity index (χ2n) is 24.1. The SMILES string of the molecule is CCCCCCCCCCCCCCC(=O)OC[C@H](COP(=O)(O)OC[C@@H](O)COP(=O)(O)OC[C@@H](COC(=O)CCCCCCC)OC(=O)CCCCCCCCCCCC)OC(=O)CCCCCCCCCCCCCCCCC(C)CC. The first-order valence-electron chi connectivity index (χ1n) is 34.7. The van der Waals surface area contributed by atoms with Gasteiger partial charge in [0.2, 0.25) is 0 Å². The molecule has 0 aliphatic rings. The van der Waals surface area contributed by atoms with Gasteiger partial charge in [0, 0.05) is 25.7 Å². The third kappa shape index (κ3) is 59.5. The van der Waals surface area contributed by atoms with E-state index < -0.39 is 97.5 Å². The highest BCUT2D eigenvalue weighted by Crippen LogP contribution is 2.45. The summed E-state index contributed by atoms with van der Waals surface area (Å²) in [6.07, 6.45) is 44.7. The molecule has 6 atom stereocenters. The fourth-order valence-corrected chi connectivity index (χ4v) is 11.5. The fraction of sp³-hybridized carbons (Fsp3) is 0.939. The van der Waals surface area contributed by atoms with E-state index in [1.165, 1.54) is 154 Å². The number of ether oxygens (including phenoxy) is 4. The van der Waals surface area contributed by atoms with E-state index in [0.29, 0.717) is 25.7 Å². The van der Waals surface area contributed by atoms with Crippen molar-refractivity contribution in [2.75, 3.05) is 39.6 Å². The van der Waals surface area contributed by atoms with Crippen LogP contribution in [0.15, 0.2) is 0 Å². The van der Waals surface area contributed by atoms with Crippen molar-refractivity contribution in [3.8, 4) is 0 Å². The molecular weight excluding hydrogens is 1130 g/mol. The average Bonchev–Trinajstić information content (AvgIpc) is 3.61. The second kappa shape index (κ2) is 59.7. The van der Waals surface area contributed by atoms with Crippen molar-refractivity contribution in [2.45, 2.75) is 355 Å². The number of carbonyl (C=O) groups is 4. The monoisotopic (exact) mass is 1250 g/mol. The Morgan fingerprint density at radius 2 is 0.565 bits per heavy atom. The van der Waals surface area contributed by atoms with Crippen molar-refractivity contribution in [3.63, 3.8) is 0 Å². The van der Waals surface area contributed by atoms with Crippen LogP contribution in [0.5, 0.6) is 0 Å². The van der Waals surface area contributed by atoms with Gasteiger partial charge in [-0.25, -0.2) is 9.13 Å². The molecule has 0 bridgehead atoms. The molecule has 0 aromatic heterocycles. The second-order valence-corrected chi connectivity index (χ2v) is 27.0. The third-order valence-corrected chi connectivity index (χ3v) is 17.5. The molecule has 0 rings (SSSR count). The van der Waals surface area contributed by atoms with Crippen LogP contribution in [-0.4, -0.2) is 96.7 Å². The van der Waals surface area contributed by atoms with Crippen molar-refractivity contribution in [2.24, 2.45) is 5.92 Å². The lowest BCUT2D eigenvalue weighted by molar-refractivity contribution is -0.161. The summed E-state index contributed by atoms with van der Waals surface area (Å²) in [5, 5.41) is 10.5. The largest absolute Gasteiger partial charge is 0.472 e. The Bertz CT molecular complexity index is 1650. The molecule has 0 saturated heterocycles. The van der Waals surface area contributed by atoms with Crippen molar-refractivity contribution in [1.29, 1.82) is 0 Å². The van der Waals surface area contributed by atoms with E-state index in [9.17, 15) is 43.2 Å². The standard InChI is InChI=1S/C66H128O17P2/c1-6-10-13-16-18-20-22-28-32-35-40-45-50-64(69)77-56-62(83-66(71)52-47-42-37-33-29-26-24-23-25-27-30-34-39-43-48-59(5)9-4)58-81-85(74,75)79-54-60(67)53-78-84(72,73)80-57-61(55-76-63(68)49-44-38-15-12-8-3)82-65(70)51-46-41-36-31-21-19-17-14-11-7-2/h59-62,67H,6-58H2,1-5H3,(H,72,73)(H,74,75)/t59?,60-,61+,62+/m0/s1. The molecule has 85 heavy (non-hydrogen) atoms. The smallest absolute Gasteiger partial charge is 0.462 e. The Hall–Kier alpha value is -1.94. The van der Waals surface area contributed by atoms with Crippen LogP contribution in [-0.2, 0) is 65.4 Å². The number of carbonyl (C=O) groups excluding carboxylic acids is 4. The summed E-state index contributed by atoms with van der Waals surface area (Å²) in [4.78, 5) is 72.0. The zero-order valence-electron chi connectivity index (χ0n) is 54.7. The zero-order chi connectivity index (χ0) is 62.8. The summed E-state index contributed by atoms with van der Waals surface area (Å²) in [5.74, 6) is -1.29. The molecule has 0 spiro atoms. The van der Waals surface area contributed by atoms with Gasteiger partial charge in [-0.1, -0.05) is 285 Å². The Kier molecular flexibility index (Phi) is 58.3. The van der Waals surface area contributed by atoms with Gasteiger partial charge in [0.1, 0.15) is 19.3 Å². The number of aliphatic hydroxyl groups excluding tert-OH is 1. The van der Waals surface area contributed by atoms with Crippen molar-refractivity contribution >= 4 is 39.5 Å². The summed E-state index contributed by atoms with van der Waals surface area (Å²) < 4.78 is 67.9. The van der Waals surface area contributed by atoms with E-state index in [1.54, 1.807) is 0 Å². The number of hydrogen-bond acceptors (Lipinski definition) is 15. The first-order chi connectivity index (χ1) is 41.1. The summed E-state index contributed by atoms with van der Waals surface area (Å²) in [6, 6.07) is 0. The molecule has 3 unspecified atom stereocenters. The number of hydrogen-bond donors (Lipinski definition) is 3. The van der Waals surface area contributed by atoms with Crippen molar-refractivity contribution < 1.29 is 80.2 Å². The van der Waals surface area contributed by atoms with Crippen LogP contribution in [0.2, 0.25) is 0 Å². The highest BCUT2D eigenvalue weighted by atomic mass is 31.2. The molecule has 0 heterocycles. The van der Waals surface area contributed by atoms with Crippen LogP contribution in [0.25, 0.3) is 0 Å². The van der Waals surface area contributed by atoms with E-state index in [1.807, 2.05) is 0 Å². The molecule has 0 aliphatic heterocycles. The Morgan fingerprint density at radius 3 is 0.835 bits per heavy atom. The highest BCUT2D eigenvalue weighted by molar-refractivity contribution is 7.47. The lowest BCUT2D eigenvalue weighted by Crippen LogP contribution is -2.30. The minimum atomic E-state index is -4.94. The lowest BCUT2D eigenvalue weighted by Gasteiger charge is -2.21. The minimum Gasteiger partial charge on any atom is -0.462 e. The van der Waals surface area contributed by atoms with E-state index in [4.69, 9.17) is 37.0 Å². The Balaban J connectivity index is 5.15. The quantitative estimate of drug-likeness (QED) is 0.0222. The highest BCUT2D eigenvalue weighted by Gasteiger charge is 2.30. The minimum absolute atomic E-state index is 0.106. The van der Waals surface area contributed by atoms with Gasteiger partial charge in [-0.15, -0.1) is 0 Å². The van der Waals surface area contributed by atoms with E-state index in [-0.39, 0.29) is 25.7 Å². The summed E-state index contributed by atoms with van der Waals surface area (Å²) >= 11 is 0. The van der Waals surface area contributed by atoms with Gasteiger partial charge in [0.25, 0.3) is 0 Å². The molecule has 0 fully saturated rings. The van der Waals surface area contributed by atoms with Gasteiger partial charge in [0.15, 0.2) is 12.2 Å². The first kappa shape index (κ1) is 83.1. The number of phosphoric acid groups is 2. The summed E-state index contributed by atoms with van der Waals surface area (Å²) in [5.41, 5.74) is 0. The predicted octanol–water partition coefficient (Wildman–Crippen LogP) is 18.6. The molecule has 3 N–H and O–H groups in total. The van der Waals surface area contributed by atoms with Gasteiger partial charge < -0.3 is 33.8 Å². The van der Waals surface area contributed by atoms with E-state index in [0.717, 1.165) is 102 Å². The van der Waals surface area contributed by atoms with Gasteiger partial charge in [-0.3, -0.25) is 37.3 Å². The lowest BCUT2D eigenvalue weighted by atomic mass is 9.99. The van der Waals surface area contributed by atoms with Crippen LogP contribution in [0.3, 0.4) is 0 Å². The Labute approximate surface area is 517 Å². The summed E-state index contributed by atoms with van der Waals surface area (Å²) in [7, 11) is -9.88. The molecule has 504 valence electrons. The maximum atomic E-state index is 13.0. The van der Waals surface area contributed by atoms with Crippen molar-refractivity contribution in [1.82, 2.24) is 0 Å².